The van der Waals surface area contributed by atoms with Gasteiger partial charge in [0.1, 0.15) is 0 Å². The molecule has 0 amide bonds. The number of nitrogens with zero attached hydrogens (tertiary/aromatic N) is 2. The second-order valence-electron chi connectivity index (χ2n) is 3.08. The van der Waals surface area contributed by atoms with Crippen molar-refractivity contribution in [2.24, 2.45) is 0 Å². The summed E-state index contributed by atoms with van der Waals surface area (Å²) >= 11 is 1.79. The Labute approximate surface area is 70.4 Å². The lowest BCUT2D eigenvalue weighted by Crippen LogP contribution is -1.95. The molecule has 0 aliphatic heterocycles. The van der Waals surface area contributed by atoms with E-state index < -0.39 is 0 Å². The lowest BCUT2D eigenvalue weighted by Gasteiger charge is -2.03. The Morgan fingerprint density at radius 2 is 2.00 bits per heavy atom. The van der Waals surface area contributed by atoms with Crippen molar-refractivity contribution in [3.63, 3.8) is 0 Å². The van der Waals surface area contributed by atoms with E-state index in [2.05, 4.69) is 16.9 Å². The summed E-state index contributed by atoms with van der Waals surface area (Å²) in [5.74, 6) is 0. The fourth-order valence-corrected chi connectivity index (χ4v) is 1.81. The maximum Gasteiger partial charge on any atom is 0.187 e. The van der Waals surface area contributed by atoms with Crippen molar-refractivity contribution in [3.8, 4) is 0 Å². The standard InChI is InChI=1S/C8H10N2S/c1-8(3-4-8)11-7-9-5-2-6-10-7/h2,5-6H,3-4H2,1H3. The fraction of sp³-hybridized carbons (Fsp3) is 0.500. The van der Waals surface area contributed by atoms with E-state index in [1.807, 2.05) is 6.07 Å². The number of rotatable bonds is 2. The predicted molar refractivity (Wildman–Crippen MR) is 45.5 cm³/mol. The SMILES string of the molecule is CC1(Sc2ncccn2)CC1. The zero-order valence-corrected chi connectivity index (χ0v) is 7.27. The molecule has 0 saturated heterocycles. The smallest absolute Gasteiger partial charge is 0.187 e. The van der Waals surface area contributed by atoms with Crippen LogP contribution in [0.1, 0.15) is 19.8 Å². The minimum absolute atomic E-state index is 0.446. The highest BCUT2D eigenvalue weighted by atomic mass is 32.2. The van der Waals surface area contributed by atoms with Gasteiger partial charge < -0.3 is 0 Å². The van der Waals surface area contributed by atoms with Gasteiger partial charge in [0.25, 0.3) is 0 Å². The van der Waals surface area contributed by atoms with Gasteiger partial charge in [-0.05, 0) is 25.8 Å². The van der Waals surface area contributed by atoms with Crippen molar-refractivity contribution in [1.82, 2.24) is 9.97 Å². The molecule has 1 aromatic rings. The molecule has 11 heavy (non-hydrogen) atoms. The molecule has 1 heterocycles. The maximum atomic E-state index is 4.16. The van der Waals surface area contributed by atoms with E-state index in [0.717, 1.165) is 5.16 Å². The molecule has 58 valence electrons. The second-order valence-corrected chi connectivity index (χ2v) is 4.64. The van der Waals surface area contributed by atoms with E-state index in [0.29, 0.717) is 4.75 Å². The van der Waals surface area contributed by atoms with Crippen LogP contribution in [-0.4, -0.2) is 14.7 Å². The third-order valence-electron chi connectivity index (χ3n) is 1.83. The Balaban J connectivity index is 2.07. The normalized spacial score (nSPS) is 19.7. The lowest BCUT2D eigenvalue weighted by molar-refractivity contribution is 0.942. The molecule has 0 atom stereocenters. The average Bonchev–Trinajstić information content (AvgIpc) is 2.70. The lowest BCUT2D eigenvalue weighted by atomic mass is 10.5. The van der Waals surface area contributed by atoms with Crippen molar-refractivity contribution in [2.75, 3.05) is 0 Å². The zero-order chi connectivity index (χ0) is 7.73. The van der Waals surface area contributed by atoms with Crippen molar-refractivity contribution >= 4 is 11.8 Å². The van der Waals surface area contributed by atoms with Crippen LogP contribution in [0.25, 0.3) is 0 Å². The zero-order valence-electron chi connectivity index (χ0n) is 6.45. The summed E-state index contributed by atoms with van der Waals surface area (Å²) in [6.07, 6.45) is 6.19. The third-order valence-corrected chi connectivity index (χ3v) is 3.13. The Hall–Kier alpha value is -0.570. The van der Waals surface area contributed by atoms with Crippen LogP contribution < -0.4 is 0 Å². The van der Waals surface area contributed by atoms with Crippen LogP contribution >= 0.6 is 11.8 Å². The van der Waals surface area contributed by atoms with Gasteiger partial charge in [0, 0.05) is 17.1 Å². The first kappa shape index (κ1) is 7.10. The molecule has 3 heteroatoms. The van der Waals surface area contributed by atoms with E-state index in [4.69, 9.17) is 0 Å². The number of thioether (sulfide) groups is 1. The molecule has 1 aliphatic rings. The Kier molecular flexibility index (Phi) is 1.60. The summed E-state index contributed by atoms with van der Waals surface area (Å²) in [5, 5.41) is 0.910. The van der Waals surface area contributed by atoms with Gasteiger partial charge in [0.05, 0.1) is 0 Å². The summed E-state index contributed by atoms with van der Waals surface area (Å²) in [6.45, 7) is 2.26. The van der Waals surface area contributed by atoms with Gasteiger partial charge in [-0.3, -0.25) is 0 Å². The highest BCUT2D eigenvalue weighted by Crippen LogP contribution is 2.49. The molecule has 1 aliphatic carbocycles. The van der Waals surface area contributed by atoms with Crippen LogP contribution in [0, 0.1) is 0 Å². The van der Waals surface area contributed by atoms with Crippen LogP contribution in [0.3, 0.4) is 0 Å². The van der Waals surface area contributed by atoms with Gasteiger partial charge in [-0.25, -0.2) is 9.97 Å². The highest BCUT2D eigenvalue weighted by Gasteiger charge is 2.39. The molecule has 0 N–H and O–H groups in total. The average molecular weight is 166 g/mol. The van der Waals surface area contributed by atoms with Crippen molar-refractivity contribution in [3.05, 3.63) is 18.5 Å². The molecule has 0 unspecified atom stereocenters. The van der Waals surface area contributed by atoms with Crippen molar-refractivity contribution in [1.29, 1.82) is 0 Å². The van der Waals surface area contributed by atoms with E-state index in [1.54, 1.807) is 24.2 Å². The van der Waals surface area contributed by atoms with Crippen LogP contribution in [0.2, 0.25) is 0 Å². The number of aromatic nitrogens is 2. The predicted octanol–water partition coefficient (Wildman–Crippen LogP) is 2.12. The molecule has 1 fully saturated rings. The van der Waals surface area contributed by atoms with E-state index in [-0.39, 0.29) is 0 Å². The van der Waals surface area contributed by atoms with Crippen LogP contribution in [0.4, 0.5) is 0 Å². The van der Waals surface area contributed by atoms with Crippen LogP contribution in [0.15, 0.2) is 23.6 Å². The molecule has 1 saturated carbocycles. The Bertz CT molecular complexity index is 244. The quantitative estimate of drug-likeness (QED) is 0.629. The number of hydrogen-bond acceptors (Lipinski definition) is 3. The molecule has 2 rings (SSSR count). The Morgan fingerprint density at radius 1 is 1.36 bits per heavy atom. The summed E-state index contributed by atoms with van der Waals surface area (Å²) in [6, 6.07) is 1.85. The van der Waals surface area contributed by atoms with Crippen LogP contribution in [-0.2, 0) is 0 Å². The molecule has 0 bridgehead atoms. The largest absolute Gasteiger partial charge is 0.231 e. The number of hydrogen-bond donors (Lipinski definition) is 0. The van der Waals surface area contributed by atoms with Gasteiger partial charge >= 0.3 is 0 Å². The second kappa shape index (κ2) is 2.48. The summed E-state index contributed by atoms with van der Waals surface area (Å²) < 4.78 is 0.446. The fourth-order valence-electron chi connectivity index (χ4n) is 0.837. The highest BCUT2D eigenvalue weighted by molar-refractivity contribution is 8.00. The van der Waals surface area contributed by atoms with Gasteiger partial charge in [-0.15, -0.1) is 0 Å². The Morgan fingerprint density at radius 3 is 2.55 bits per heavy atom. The third kappa shape index (κ3) is 1.71. The maximum absolute atomic E-state index is 4.16. The van der Waals surface area contributed by atoms with E-state index >= 15 is 0 Å². The van der Waals surface area contributed by atoms with E-state index in [9.17, 15) is 0 Å². The summed E-state index contributed by atoms with van der Waals surface area (Å²) in [7, 11) is 0. The van der Waals surface area contributed by atoms with Crippen molar-refractivity contribution < 1.29 is 0 Å². The minimum atomic E-state index is 0.446. The first-order chi connectivity index (χ1) is 5.29. The van der Waals surface area contributed by atoms with Gasteiger partial charge in [0.2, 0.25) is 0 Å². The molecular formula is C8H10N2S. The van der Waals surface area contributed by atoms with E-state index in [1.165, 1.54) is 12.8 Å². The van der Waals surface area contributed by atoms with Gasteiger partial charge in [-0.2, -0.15) is 0 Å². The topological polar surface area (TPSA) is 25.8 Å². The first-order valence-corrected chi connectivity index (χ1v) is 4.56. The van der Waals surface area contributed by atoms with Crippen molar-refractivity contribution in [2.45, 2.75) is 29.7 Å². The molecular weight excluding hydrogens is 156 g/mol. The first-order valence-electron chi connectivity index (χ1n) is 3.75. The molecule has 2 nitrogen and oxygen atoms in total. The minimum Gasteiger partial charge on any atom is -0.231 e. The van der Waals surface area contributed by atoms with Crippen LogP contribution in [0.5, 0.6) is 0 Å². The molecule has 1 aromatic heterocycles. The summed E-state index contributed by atoms with van der Waals surface area (Å²) in [4.78, 5) is 8.31. The monoisotopic (exact) mass is 166 g/mol. The molecule has 0 spiro atoms. The van der Waals surface area contributed by atoms with Gasteiger partial charge in [-0.1, -0.05) is 11.8 Å². The summed E-state index contributed by atoms with van der Waals surface area (Å²) in [5.41, 5.74) is 0. The molecule has 0 radical (unpaired) electrons. The molecule has 0 aromatic carbocycles. The van der Waals surface area contributed by atoms with Gasteiger partial charge in [0.15, 0.2) is 5.16 Å².